The van der Waals surface area contributed by atoms with Crippen LogP contribution in [0.4, 0.5) is 0 Å². The van der Waals surface area contributed by atoms with Gasteiger partial charge in [0.1, 0.15) is 12.7 Å². The third kappa shape index (κ3) is 2.98. The molecule has 7 heteroatoms. The summed E-state index contributed by atoms with van der Waals surface area (Å²) < 4.78 is 24.9. The second-order valence-corrected chi connectivity index (χ2v) is 12.4. The van der Waals surface area contributed by atoms with Gasteiger partial charge in [0, 0.05) is 25.2 Å². The van der Waals surface area contributed by atoms with Gasteiger partial charge in [-0.2, -0.15) is 0 Å². The summed E-state index contributed by atoms with van der Waals surface area (Å²) in [5.41, 5.74) is -1.10. The number of Topliss-reactive ketones (excluding diaryl/α,β-unsaturated/α-hetero) is 1. The summed E-state index contributed by atoms with van der Waals surface area (Å²) >= 11 is 0. The van der Waals surface area contributed by atoms with Crippen LogP contribution in [0.3, 0.4) is 0 Å². The van der Waals surface area contributed by atoms with Gasteiger partial charge >= 0.3 is 11.9 Å². The Labute approximate surface area is 201 Å². The minimum absolute atomic E-state index is 0.0242. The van der Waals surface area contributed by atoms with Crippen LogP contribution >= 0.6 is 0 Å². The van der Waals surface area contributed by atoms with Crippen LogP contribution in [0.5, 0.6) is 0 Å². The summed E-state index contributed by atoms with van der Waals surface area (Å²) in [7, 11) is 0. The topological polar surface area (TPSA) is 88.1 Å². The van der Waals surface area contributed by atoms with Crippen molar-refractivity contribution in [3.05, 3.63) is 12.2 Å². The largest absolute Gasteiger partial charge is 0.465 e. The first-order chi connectivity index (χ1) is 15.8. The van der Waals surface area contributed by atoms with Gasteiger partial charge in [0.15, 0.2) is 11.6 Å². The second-order valence-electron chi connectivity index (χ2n) is 12.4. The van der Waals surface area contributed by atoms with E-state index in [0.29, 0.717) is 18.4 Å². The number of carbonyl (C=O) groups is 3. The molecule has 0 radical (unpaired) electrons. The first-order valence-electron chi connectivity index (χ1n) is 12.7. The first kappa shape index (κ1) is 24.0. The molecule has 0 aromatic carbocycles. The molecule has 0 N–H and O–H groups in total. The summed E-state index contributed by atoms with van der Waals surface area (Å²) in [6.45, 7) is 15.5. The van der Waals surface area contributed by atoms with Gasteiger partial charge in [0.25, 0.3) is 0 Å². The Morgan fingerprint density at radius 2 is 1.74 bits per heavy atom. The van der Waals surface area contributed by atoms with Crippen molar-refractivity contribution in [2.45, 2.75) is 97.7 Å². The monoisotopic (exact) mass is 474 g/mol. The fraction of sp³-hybridized carbons (Fsp3) is 0.815. The van der Waals surface area contributed by atoms with Crippen LogP contribution in [-0.2, 0) is 33.3 Å². The van der Waals surface area contributed by atoms with E-state index in [1.807, 2.05) is 13.8 Å². The summed E-state index contributed by atoms with van der Waals surface area (Å²) in [5, 5.41) is 0. The number of carbonyl (C=O) groups excluding carboxylic acids is 3. The Morgan fingerprint density at radius 1 is 1.03 bits per heavy atom. The Morgan fingerprint density at radius 3 is 2.38 bits per heavy atom. The molecule has 8 atom stereocenters. The minimum Gasteiger partial charge on any atom is -0.465 e. The molecule has 34 heavy (non-hydrogen) atoms. The molecule has 4 saturated carbocycles. The number of hydrogen-bond donors (Lipinski definition) is 0. The van der Waals surface area contributed by atoms with Crippen LogP contribution in [-0.4, -0.2) is 48.4 Å². The predicted octanol–water partition coefficient (Wildman–Crippen LogP) is 3.98. The molecule has 1 spiro atoms. The van der Waals surface area contributed by atoms with Crippen LogP contribution in [0.15, 0.2) is 12.2 Å². The molecule has 0 amide bonds. The normalized spacial score (nSPS) is 45.7. The van der Waals surface area contributed by atoms with E-state index >= 15 is 0 Å². The highest BCUT2D eigenvalue weighted by atomic mass is 16.7. The number of hydrogen-bond acceptors (Lipinski definition) is 7. The second kappa shape index (κ2) is 7.39. The average molecular weight is 475 g/mol. The van der Waals surface area contributed by atoms with Crippen molar-refractivity contribution in [3.8, 4) is 0 Å². The molecular weight excluding hydrogens is 436 g/mol. The third-order valence-corrected chi connectivity index (χ3v) is 9.86. The molecule has 5 aliphatic rings. The number of esters is 2. The van der Waals surface area contributed by atoms with Gasteiger partial charge in [0.2, 0.25) is 0 Å². The van der Waals surface area contributed by atoms with E-state index in [1.54, 1.807) is 0 Å². The summed E-state index contributed by atoms with van der Waals surface area (Å²) in [4.78, 5) is 38.5. The lowest BCUT2D eigenvalue weighted by molar-refractivity contribution is -0.388. The molecular formula is C27H38O7. The third-order valence-electron chi connectivity index (χ3n) is 9.86. The van der Waals surface area contributed by atoms with E-state index in [9.17, 15) is 14.4 Å². The first-order valence-corrected chi connectivity index (χ1v) is 12.7. The van der Waals surface area contributed by atoms with Crippen LogP contribution in [0.25, 0.3) is 0 Å². The Balaban J connectivity index is 1.74. The van der Waals surface area contributed by atoms with Gasteiger partial charge < -0.3 is 18.9 Å². The predicted molar refractivity (Wildman–Crippen MR) is 122 cm³/mol. The van der Waals surface area contributed by atoms with Crippen molar-refractivity contribution in [1.82, 2.24) is 0 Å². The van der Waals surface area contributed by atoms with Gasteiger partial charge in [-0.15, -0.1) is 0 Å². The van der Waals surface area contributed by atoms with E-state index in [4.69, 9.17) is 18.9 Å². The Kier molecular flexibility index (Phi) is 5.21. The zero-order chi connectivity index (χ0) is 24.8. The zero-order valence-electron chi connectivity index (χ0n) is 21.3. The van der Waals surface area contributed by atoms with Gasteiger partial charge in [-0.3, -0.25) is 14.4 Å². The van der Waals surface area contributed by atoms with Crippen LogP contribution in [0.1, 0.15) is 73.6 Å². The summed E-state index contributed by atoms with van der Waals surface area (Å²) in [6, 6.07) is 0. The number of ether oxygens (including phenoxy) is 4. The van der Waals surface area contributed by atoms with Crippen LogP contribution in [0, 0.1) is 34.0 Å². The highest BCUT2D eigenvalue weighted by Crippen LogP contribution is 2.74. The van der Waals surface area contributed by atoms with Gasteiger partial charge in [-0.25, -0.2) is 0 Å². The zero-order valence-corrected chi connectivity index (χ0v) is 21.3. The lowest BCUT2D eigenvalue weighted by atomic mass is 9.38. The SMILES string of the molecule is C=C1C(=O)[C@@]23[C@@H]4OC(C)(C)O[C@@H]2C[C@@H]2C(C)(C)CC[C@H](OC(C)=O)[C@@]2(COC(C)=O)[C@@H]3CC[C@@H]14. The maximum atomic E-state index is 14.1. The molecule has 2 bridgehead atoms. The summed E-state index contributed by atoms with van der Waals surface area (Å²) in [6.07, 6.45) is 2.57. The van der Waals surface area contributed by atoms with Crippen molar-refractivity contribution in [1.29, 1.82) is 0 Å². The lowest BCUT2D eigenvalue weighted by Crippen LogP contribution is -2.75. The van der Waals surface area contributed by atoms with Crippen LogP contribution < -0.4 is 0 Å². The Bertz CT molecular complexity index is 951. The number of fused-ring (bicyclic) bond motifs is 2. The lowest BCUT2D eigenvalue weighted by Gasteiger charge is -2.70. The molecule has 0 aromatic heterocycles. The van der Waals surface area contributed by atoms with E-state index in [1.165, 1.54) is 13.8 Å². The number of rotatable bonds is 3. The van der Waals surface area contributed by atoms with Gasteiger partial charge in [-0.05, 0) is 68.8 Å². The molecule has 0 aromatic rings. The van der Waals surface area contributed by atoms with E-state index in [2.05, 4.69) is 20.4 Å². The molecule has 4 aliphatic carbocycles. The number of ketones is 1. The van der Waals surface area contributed by atoms with Crippen molar-refractivity contribution in [3.63, 3.8) is 0 Å². The maximum Gasteiger partial charge on any atom is 0.302 e. The molecule has 5 rings (SSSR count). The fourth-order valence-corrected chi connectivity index (χ4v) is 8.83. The van der Waals surface area contributed by atoms with Crippen molar-refractivity contribution in [2.24, 2.45) is 34.0 Å². The molecule has 5 fully saturated rings. The maximum absolute atomic E-state index is 14.1. The average Bonchev–Trinajstić information content (AvgIpc) is 2.84. The highest BCUT2D eigenvalue weighted by Gasteiger charge is 2.80. The van der Waals surface area contributed by atoms with Crippen molar-refractivity contribution < 1.29 is 33.3 Å². The highest BCUT2D eigenvalue weighted by molar-refractivity contribution is 6.04. The molecule has 1 saturated heterocycles. The standard InChI is InChI=1S/C27H38O7/c1-14-17-8-9-18-26(13-31-15(2)28)19(24(4,5)11-10-20(26)32-16(3)29)12-21-27(18,22(14)30)23(17)34-25(6,7)33-21/h17-21,23H,1,8-13H2,2-7H3/t17-,18-,19+,20-,21+,23+,26-,27-/m0/s1. The molecule has 0 unspecified atom stereocenters. The smallest absolute Gasteiger partial charge is 0.302 e. The molecule has 188 valence electrons. The van der Waals surface area contributed by atoms with Crippen LogP contribution in [0.2, 0.25) is 0 Å². The molecule has 1 heterocycles. The molecule has 7 nitrogen and oxygen atoms in total. The van der Waals surface area contributed by atoms with Gasteiger partial charge in [-0.1, -0.05) is 20.4 Å². The fourth-order valence-electron chi connectivity index (χ4n) is 8.83. The van der Waals surface area contributed by atoms with Crippen molar-refractivity contribution in [2.75, 3.05) is 6.61 Å². The van der Waals surface area contributed by atoms with Crippen molar-refractivity contribution >= 4 is 17.7 Å². The summed E-state index contributed by atoms with van der Waals surface area (Å²) in [5.74, 6) is -1.73. The minimum atomic E-state index is -0.905. The molecule has 1 aliphatic heterocycles. The van der Waals surface area contributed by atoms with Gasteiger partial charge in [0.05, 0.1) is 17.6 Å². The van der Waals surface area contributed by atoms with E-state index < -0.39 is 22.7 Å². The quantitative estimate of drug-likeness (QED) is 0.452. The van der Waals surface area contributed by atoms with E-state index in [0.717, 1.165) is 19.3 Å². The Hall–Kier alpha value is -1.73. The van der Waals surface area contributed by atoms with E-state index in [-0.39, 0.29) is 59.7 Å².